The van der Waals surface area contributed by atoms with Gasteiger partial charge in [-0.15, -0.1) is 5.10 Å². The van der Waals surface area contributed by atoms with Gasteiger partial charge in [0.15, 0.2) is 5.69 Å². The Bertz CT molecular complexity index is 658. The zero-order valence-corrected chi connectivity index (χ0v) is 13.0. The van der Waals surface area contributed by atoms with Gasteiger partial charge in [-0.3, -0.25) is 4.79 Å². The molecule has 0 radical (unpaired) electrons. The molecule has 3 rings (SSSR count). The summed E-state index contributed by atoms with van der Waals surface area (Å²) in [7, 11) is 0. The molecule has 0 spiro atoms. The van der Waals surface area contributed by atoms with Gasteiger partial charge in [-0.2, -0.15) is 5.10 Å². The Hall–Kier alpha value is -2.14. The third kappa shape index (κ3) is 3.36. The number of aryl methyl sites for hydroxylation is 1. The third-order valence-corrected chi connectivity index (χ3v) is 3.82. The molecule has 1 fully saturated rings. The van der Waals surface area contributed by atoms with Gasteiger partial charge in [0.1, 0.15) is 11.9 Å². The number of hydrogen-bond acceptors (Lipinski definition) is 4. The van der Waals surface area contributed by atoms with E-state index in [1.165, 1.54) is 0 Å². The van der Waals surface area contributed by atoms with Crippen LogP contribution in [0.2, 0.25) is 5.02 Å². The van der Waals surface area contributed by atoms with Gasteiger partial charge in [0, 0.05) is 18.0 Å². The number of ether oxygens (including phenoxy) is 1. The van der Waals surface area contributed by atoms with Crippen LogP contribution in [0.15, 0.2) is 36.4 Å². The summed E-state index contributed by atoms with van der Waals surface area (Å²) in [4.78, 5) is 14.1. The van der Waals surface area contributed by atoms with E-state index >= 15 is 0 Å². The van der Waals surface area contributed by atoms with Gasteiger partial charge in [-0.05, 0) is 43.3 Å². The van der Waals surface area contributed by atoms with Crippen molar-refractivity contribution in [3.05, 3.63) is 52.8 Å². The van der Waals surface area contributed by atoms with Gasteiger partial charge in [0.2, 0.25) is 0 Å². The Kier molecular flexibility index (Phi) is 4.24. The molecule has 1 aliphatic rings. The van der Waals surface area contributed by atoms with Crippen LogP contribution in [-0.2, 0) is 0 Å². The number of halogens is 1. The molecule has 1 aliphatic heterocycles. The van der Waals surface area contributed by atoms with Crippen molar-refractivity contribution >= 4 is 17.5 Å². The van der Waals surface area contributed by atoms with Crippen molar-refractivity contribution in [1.29, 1.82) is 0 Å². The number of nitrogens with zero attached hydrogens (tertiary/aromatic N) is 3. The van der Waals surface area contributed by atoms with Crippen molar-refractivity contribution in [1.82, 2.24) is 15.1 Å². The number of rotatable bonds is 3. The van der Waals surface area contributed by atoms with Gasteiger partial charge in [0.25, 0.3) is 5.91 Å². The van der Waals surface area contributed by atoms with E-state index in [2.05, 4.69) is 10.2 Å². The number of hydrogen-bond donors (Lipinski definition) is 0. The molecule has 0 saturated carbocycles. The Balaban J connectivity index is 1.61. The predicted octanol–water partition coefficient (Wildman–Crippen LogP) is 2.73. The maximum Gasteiger partial charge on any atom is 0.274 e. The second kappa shape index (κ2) is 6.32. The Morgan fingerprint density at radius 3 is 2.68 bits per heavy atom. The molecule has 2 heterocycles. The van der Waals surface area contributed by atoms with E-state index in [4.69, 9.17) is 16.3 Å². The van der Waals surface area contributed by atoms with Crippen molar-refractivity contribution in [3.8, 4) is 5.75 Å². The molecule has 0 aliphatic carbocycles. The van der Waals surface area contributed by atoms with E-state index in [1.54, 1.807) is 29.2 Å². The number of benzene rings is 1. The molecule has 1 amide bonds. The largest absolute Gasteiger partial charge is 0.489 e. The van der Waals surface area contributed by atoms with Crippen LogP contribution >= 0.6 is 11.6 Å². The summed E-state index contributed by atoms with van der Waals surface area (Å²) in [6.07, 6.45) is 0.789. The fourth-order valence-corrected chi connectivity index (χ4v) is 2.52. The average molecular weight is 318 g/mol. The van der Waals surface area contributed by atoms with Crippen LogP contribution in [0.3, 0.4) is 0 Å². The van der Waals surface area contributed by atoms with Crippen LogP contribution in [0.25, 0.3) is 0 Å². The number of amides is 1. The maximum atomic E-state index is 12.4. The molecule has 1 saturated heterocycles. The van der Waals surface area contributed by atoms with E-state index in [1.807, 2.05) is 19.1 Å². The zero-order valence-electron chi connectivity index (χ0n) is 12.2. The van der Waals surface area contributed by atoms with Gasteiger partial charge in [-0.25, -0.2) is 0 Å². The van der Waals surface area contributed by atoms with E-state index in [-0.39, 0.29) is 12.0 Å². The van der Waals surface area contributed by atoms with Crippen LogP contribution in [0.4, 0.5) is 0 Å². The molecule has 0 bridgehead atoms. The first kappa shape index (κ1) is 14.8. The minimum absolute atomic E-state index is 0.0106. The van der Waals surface area contributed by atoms with Crippen LogP contribution in [0.1, 0.15) is 22.6 Å². The lowest BCUT2D eigenvalue weighted by Gasteiger charge is -2.16. The quantitative estimate of drug-likeness (QED) is 0.873. The summed E-state index contributed by atoms with van der Waals surface area (Å²) in [5.74, 6) is 0.661. The fraction of sp³-hybridized carbons (Fsp3) is 0.312. The summed E-state index contributed by atoms with van der Waals surface area (Å²) >= 11 is 5.85. The highest BCUT2D eigenvalue weighted by molar-refractivity contribution is 6.30. The summed E-state index contributed by atoms with van der Waals surface area (Å²) in [6, 6.07) is 10.7. The summed E-state index contributed by atoms with van der Waals surface area (Å²) in [6.45, 7) is 3.05. The van der Waals surface area contributed by atoms with Gasteiger partial charge in [0.05, 0.1) is 12.2 Å². The molecule has 5 nitrogen and oxygen atoms in total. The van der Waals surface area contributed by atoms with Gasteiger partial charge in [-0.1, -0.05) is 11.6 Å². The van der Waals surface area contributed by atoms with Crippen molar-refractivity contribution in [2.45, 2.75) is 19.4 Å². The number of carbonyl (C=O) groups is 1. The maximum absolute atomic E-state index is 12.4. The Morgan fingerprint density at radius 2 is 2.00 bits per heavy atom. The highest BCUT2D eigenvalue weighted by Gasteiger charge is 2.29. The lowest BCUT2D eigenvalue weighted by atomic mass is 10.3. The Morgan fingerprint density at radius 1 is 1.23 bits per heavy atom. The molecule has 22 heavy (non-hydrogen) atoms. The van der Waals surface area contributed by atoms with Crippen LogP contribution < -0.4 is 4.74 Å². The number of aromatic nitrogens is 2. The molecule has 1 aromatic carbocycles. The Labute approximate surface area is 133 Å². The molecule has 0 unspecified atom stereocenters. The fourth-order valence-electron chi connectivity index (χ4n) is 2.39. The lowest BCUT2D eigenvalue weighted by Crippen LogP contribution is -2.31. The smallest absolute Gasteiger partial charge is 0.274 e. The molecule has 1 atom stereocenters. The minimum atomic E-state index is -0.102. The highest BCUT2D eigenvalue weighted by Crippen LogP contribution is 2.21. The third-order valence-electron chi connectivity index (χ3n) is 3.57. The minimum Gasteiger partial charge on any atom is -0.489 e. The number of carbonyl (C=O) groups excluding carboxylic acids is 1. The van der Waals surface area contributed by atoms with E-state index in [0.29, 0.717) is 23.8 Å². The summed E-state index contributed by atoms with van der Waals surface area (Å²) in [5.41, 5.74) is 1.17. The average Bonchev–Trinajstić information content (AvgIpc) is 2.98. The first-order valence-electron chi connectivity index (χ1n) is 7.13. The normalized spacial score (nSPS) is 17.5. The first-order valence-corrected chi connectivity index (χ1v) is 7.51. The van der Waals surface area contributed by atoms with Gasteiger partial charge < -0.3 is 9.64 Å². The van der Waals surface area contributed by atoms with Crippen molar-refractivity contribution < 1.29 is 9.53 Å². The first-order chi connectivity index (χ1) is 10.6. The summed E-state index contributed by atoms with van der Waals surface area (Å²) < 4.78 is 5.88. The van der Waals surface area contributed by atoms with Crippen LogP contribution in [0, 0.1) is 6.92 Å². The van der Waals surface area contributed by atoms with E-state index in [9.17, 15) is 4.79 Å². The second-order valence-corrected chi connectivity index (χ2v) is 5.73. The van der Waals surface area contributed by atoms with Crippen molar-refractivity contribution in [2.24, 2.45) is 0 Å². The highest BCUT2D eigenvalue weighted by atomic mass is 35.5. The molecular weight excluding hydrogens is 302 g/mol. The standard InChI is InChI=1S/C16H16ClN3O2/c1-11-2-7-15(19-18-11)16(21)20-9-8-14(10-20)22-13-5-3-12(17)4-6-13/h2-7,14H,8-10H2,1H3/t14-/m0/s1. The predicted molar refractivity (Wildman–Crippen MR) is 83.2 cm³/mol. The van der Waals surface area contributed by atoms with E-state index < -0.39 is 0 Å². The van der Waals surface area contributed by atoms with Gasteiger partial charge >= 0.3 is 0 Å². The van der Waals surface area contributed by atoms with Crippen molar-refractivity contribution in [3.63, 3.8) is 0 Å². The molecule has 0 N–H and O–H groups in total. The second-order valence-electron chi connectivity index (χ2n) is 5.29. The van der Waals surface area contributed by atoms with Crippen LogP contribution in [0.5, 0.6) is 5.75 Å². The molecular formula is C16H16ClN3O2. The monoisotopic (exact) mass is 317 g/mol. The number of likely N-dealkylation sites (tertiary alicyclic amines) is 1. The molecule has 2 aromatic rings. The SMILES string of the molecule is Cc1ccc(C(=O)N2CC[C@H](Oc3ccc(Cl)cc3)C2)nn1. The van der Waals surface area contributed by atoms with Crippen molar-refractivity contribution in [2.75, 3.05) is 13.1 Å². The zero-order chi connectivity index (χ0) is 15.5. The molecule has 114 valence electrons. The molecule has 1 aromatic heterocycles. The van der Waals surface area contributed by atoms with Crippen LogP contribution in [-0.4, -0.2) is 40.2 Å². The lowest BCUT2D eigenvalue weighted by molar-refractivity contribution is 0.0765. The molecule has 6 heteroatoms. The topological polar surface area (TPSA) is 55.3 Å². The summed E-state index contributed by atoms with van der Waals surface area (Å²) in [5, 5.41) is 8.54. The van der Waals surface area contributed by atoms with E-state index in [0.717, 1.165) is 17.9 Å².